The van der Waals surface area contributed by atoms with Crippen molar-refractivity contribution in [2.75, 3.05) is 0 Å². The number of nitrogens with one attached hydrogen (secondary N) is 1. The normalized spacial score (nSPS) is 15.7. The molecule has 0 aliphatic carbocycles. The fourth-order valence-electron chi connectivity index (χ4n) is 3.63. The van der Waals surface area contributed by atoms with Gasteiger partial charge in [-0.25, -0.2) is 0 Å². The Morgan fingerprint density at radius 3 is 2.45 bits per heavy atom. The van der Waals surface area contributed by atoms with E-state index in [4.69, 9.17) is 4.84 Å². The van der Waals surface area contributed by atoms with Gasteiger partial charge in [-0.15, -0.1) is 11.3 Å². The van der Waals surface area contributed by atoms with Gasteiger partial charge in [-0.05, 0) is 34.2 Å². The zero-order chi connectivity index (χ0) is 19.6. The standard InChI is InChI=1S/C24H18N2O2S/c27-24-23(20-15-21(28-26-20)17-10-5-2-6-11-17)18(16-8-3-1-4-9-16)14-19(25-24)22-12-7-13-29-22/h1-14,21H,15H2,(H,25,27). The topological polar surface area (TPSA) is 54.5 Å². The van der Waals surface area contributed by atoms with Gasteiger partial charge < -0.3 is 9.82 Å². The third-order valence-electron chi connectivity index (χ3n) is 5.03. The summed E-state index contributed by atoms with van der Waals surface area (Å²) >= 11 is 1.60. The fraction of sp³-hybridized carbons (Fsp3) is 0.0833. The molecule has 5 rings (SSSR count). The van der Waals surface area contributed by atoms with E-state index in [1.54, 1.807) is 11.3 Å². The van der Waals surface area contributed by atoms with Crippen LogP contribution in [0.15, 0.2) is 94.2 Å². The first kappa shape index (κ1) is 17.6. The highest BCUT2D eigenvalue weighted by atomic mass is 32.1. The van der Waals surface area contributed by atoms with Crippen molar-refractivity contribution in [3.8, 4) is 21.7 Å². The Morgan fingerprint density at radius 2 is 1.72 bits per heavy atom. The number of benzene rings is 2. The molecule has 0 bridgehead atoms. The van der Waals surface area contributed by atoms with E-state index in [0.29, 0.717) is 17.7 Å². The molecule has 0 fully saturated rings. The number of oxime groups is 1. The number of hydrogen-bond donors (Lipinski definition) is 1. The maximum atomic E-state index is 13.2. The minimum absolute atomic E-state index is 0.147. The summed E-state index contributed by atoms with van der Waals surface area (Å²) in [6, 6.07) is 26.0. The molecule has 2 aromatic heterocycles. The van der Waals surface area contributed by atoms with Crippen LogP contribution in [0.1, 0.15) is 23.7 Å². The lowest BCUT2D eigenvalue weighted by atomic mass is 9.94. The van der Waals surface area contributed by atoms with Crippen LogP contribution in [-0.2, 0) is 4.84 Å². The average molecular weight is 398 g/mol. The second-order valence-electron chi connectivity index (χ2n) is 6.89. The molecule has 0 saturated heterocycles. The maximum Gasteiger partial charge on any atom is 0.258 e. The first-order valence-corrected chi connectivity index (χ1v) is 10.3. The number of hydrogen-bond acceptors (Lipinski definition) is 4. The Morgan fingerprint density at radius 1 is 0.966 bits per heavy atom. The molecule has 0 amide bonds. The van der Waals surface area contributed by atoms with Gasteiger partial charge in [-0.1, -0.05) is 71.9 Å². The van der Waals surface area contributed by atoms with Crippen LogP contribution in [0.3, 0.4) is 0 Å². The van der Waals surface area contributed by atoms with E-state index < -0.39 is 0 Å². The lowest BCUT2D eigenvalue weighted by Crippen LogP contribution is -2.20. The fourth-order valence-corrected chi connectivity index (χ4v) is 4.33. The van der Waals surface area contributed by atoms with E-state index >= 15 is 0 Å². The van der Waals surface area contributed by atoms with Gasteiger partial charge in [0.2, 0.25) is 0 Å². The van der Waals surface area contributed by atoms with Crippen LogP contribution in [0, 0.1) is 0 Å². The highest BCUT2D eigenvalue weighted by Gasteiger charge is 2.28. The van der Waals surface area contributed by atoms with Crippen molar-refractivity contribution in [3.63, 3.8) is 0 Å². The summed E-state index contributed by atoms with van der Waals surface area (Å²) in [7, 11) is 0. The lowest BCUT2D eigenvalue weighted by Gasteiger charge is -2.11. The molecule has 1 N–H and O–H groups in total. The second kappa shape index (κ2) is 7.53. The first-order chi connectivity index (χ1) is 14.3. The molecule has 1 atom stereocenters. The molecule has 2 aromatic carbocycles. The molecule has 1 aliphatic rings. The Kier molecular flexibility index (Phi) is 4.58. The van der Waals surface area contributed by atoms with Gasteiger partial charge in [0.15, 0.2) is 6.10 Å². The van der Waals surface area contributed by atoms with E-state index in [9.17, 15) is 4.79 Å². The molecule has 1 aliphatic heterocycles. The molecule has 1 unspecified atom stereocenters. The van der Waals surface area contributed by atoms with Crippen LogP contribution < -0.4 is 5.56 Å². The molecule has 142 valence electrons. The lowest BCUT2D eigenvalue weighted by molar-refractivity contribution is 0.0857. The monoisotopic (exact) mass is 398 g/mol. The molecule has 0 saturated carbocycles. The number of H-pyrrole nitrogens is 1. The number of aromatic amines is 1. The Bertz CT molecular complexity index is 1210. The summed E-state index contributed by atoms with van der Waals surface area (Å²) < 4.78 is 0. The molecule has 4 aromatic rings. The van der Waals surface area contributed by atoms with Crippen LogP contribution in [0.2, 0.25) is 0 Å². The maximum absolute atomic E-state index is 13.2. The smallest absolute Gasteiger partial charge is 0.258 e. The van der Waals surface area contributed by atoms with Crippen LogP contribution in [0.25, 0.3) is 21.7 Å². The van der Waals surface area contributed by atoms with Gasteiger partial charge in [-0.3, -0.25) is 4.79 Å². The first-order valence-electron chi connectivity index (χ1n) is 9.44. The quantitative estimate of drug-likeness (QED) is 0.484. The van der Waals surface area contributed by atoms with Crippen LogP contribution in [-0.4, -0.2) is 10.7 Å². The van der Waals surface area contributed by atoms with Crippen LogP contribution in [0.5, 0.6) is 0 Å². The van der Waals surface area contributed by atoms with Crippen molar-refractivity contribution in [1.29, 1.82) is 0 Å². The van der Waals surface area contributed by atoms with E-state index in [2.05, 4.69) is 10.1 Å². The van der Waals surface area contributed by atoms with E-state index in [1.807, 2.05) is 84.2 Å². The molecule has 29 heavy (non-hydrogen) atoms. The van der Waals surface area contributed by atoms with Crippen LogP contribution in [0.4, 0.5) is 0 Å². The highest BCUT2D eigenvalue weighted by molar-refractivity contribution is 7.13. The number of nitrogens with zero attached hydrogens (tertiary/aromatic N) is 1. The molecule has 5 heteroatoms. The van der Waals surface area contributed by atoms with E-state index in [-0.39, 0.29) is 11.7 Å². The summed E-state index contributed by atoms with van der Waals surface area (Å²) in [5, 5.41) is 6.31. The molecular formula is C24H18N2O2S. The summed E-state index contributed by atoms with van der Waals surface area (Å²) in [6.45, 7) is 0. The number of pyridine rings is 1. The van der Waals surface area contributed by atoms with Gasteiger partial charge in [0.1, 0.15) is 0 Å². The number of rotatable bonds is 4. The average Bonchev–Trinajstić information content (AvgIpc) is 3.47. The molecule has 0 spiro atoms. The van der Waals surface area contributed by atoms with Crippen molar-refractivity contribution in [1.82, 2.24) is 4.98 Å². The van der Waals surface area contributed by atoms with Crippen molar-refractivity contribution >= 4 is 17.0 Å². The van der Waals surface area contributed by atoms with Crippen molar-refractivity contribution < 1.29 is 4.84 Å². The Balaban J connectivity index is 1.60. The Hall–Kier alpha value is -3.44. The summed E-state index contributed by atoms with van der Waals surface area (Å²) in [5.41, 5.74) is 4.83. The van der Waals surface area contributed by atoms with Gasteiger partial charge in [0.05, 0.1) is 21.8 Å². The van der Waals surface area contributed by atoms with Crippen LogP contribution >= 0.6 is 11.3 Å². The zero-order valence-electron chi connectivity index (χ0n) is 15.5. The minimum Gasteiger partial charge on any atom is -0.387 e. The molecule has 3 heterocycles. The zero-order valence-corrected chi connectivity index (χ0v) is 16.4. The van der Waals surface area contributed by atoms with Gasteiger partial charge >= 0.3 is 0 Å². The van der Waals surface area contributed by atoms with Crippen molar-refractivity contribution in [3.05, 3.63) is 106 Å². The predicted molar refractivity (Wildman–Crippen MR) is 117 cm³/mol. The number of aromatic nitrogens is 1. The third-order valence-corrected chi connectivity index (χ3v) is 5.94. The van der Waals surface area contributed by atoms with E-state index in [1.165, 1.54) is 0 Å². The summed E-state index contributed by atoms with van der Waals surface area (Å²) in [5.74, 6) is 0. The van der Waals surface area contributed by atoms with Crippen molar-refractivity contribution in [2.24, 2.45) is 5.16 Å². The largest absolute Gasteiger partial charge is 0.387 e. The number of thiophene rings is 1. The Labute approximate surface area is 172 Å². The van der Waals surface area contributed by atoms with Gasteiger partial charge in [0, 0.05) is 6.42 Å². The summed E-state index contributed by atoms with van der Waals surface area (Å²) in [6.07, 6.45) is 0.386. The van der Waals surface area contributed by atoms with E-state index in [0.717, 1.165) is 27.3 Å². The van der Waals surface area contributed by atoms with Gasteiger partial charge in [-0.2, -0.15) is 0 Å². The molecule has 0 radical (unpaired) electrons. The van der Waals surface area contributed by atoms with Gasteiger partial charge in [0.25, 0.3) is 5.56 Å². The summed E-state index contributed by atoms with van der Waals surface area (Å²) in [4.78, 5) is 22.9. The third kappa shape index (κ3) is 3.41. The second-order valence-corrected chi connectivity index (χ2v) is 7.84. The predicted octanol–water partition coefficient (Wildman–Crippen LogP) is 5.64. The SMILES string of the molecule is O=c1[nH]c(-c2cccs2)cc(-c2ccccc2)c1C1=NOC(c2ccccc2)C1. The highest BCUT2D eigenvalue weighted by Crippen LogP contribution is 2.33. The molecule has 4 nitrogen and oxygen atoms in total. The van der Waals surface area contributed by atoms with Crippen molar-refractivity contribution in [2.45, 2.75) is 12.5 Å². The minimum atomic E-state index is -0.175. The molecular weight excluding hydrogens is 380 g/mol.